The van der Waals surface area contributed by atoms with Gasteiger partial charge in [0.05, 0.1) is 4.90 Å². The second kappa shape index (κ2) is 4.99. The zero-order valence-corrected chi connectivity index (χ0v) is 11.4. The van der Waals surface area contributed by atoms with Gasteiger partial charge >= 0.3 is 0 Å². The van der Waals surface area contributed by atoms with Crippen LogP contribution < -0.4 is 5.56 Å². The van der Waals surface area contributed by atoms with E-state index >= 15 is 0 Å². The molecule has 2 aromatic rings. The van der Waals surface area contributed by atoms with E-state index in [0.717, 1.165) is 4.31 Å². The molecule has 0 saturated carbocycles. The molecule has 0 saturated heterocycles. The summed E-state index contributed by atoms with van der Waals surface area (Å²) < 4.78 is 25.2. The third-order valence-corrected chi connectivity index (χ3v) is 4.50. The highest BCUT2D eigenvalue weighted by Gasteiger charge is 2.17. The van der Waals surface area contributed by atoms with E-state index < -0.39 is 10.0 Å². The Morgan fingerprint density at radius 2 is 1.74 bits per heavy atom. The number of sulfonamides is 1. The number of nitrogens with one attached hydrogen (secondary N) is 1. The van der Waals surface area contributed by atoms with Gasteiger partial charge in [-0.05, 0) is 23.8 Å². The number of hydrogen-bond donors (Lipinski definition) is 1. The molecule has 2 rings (SSSR count). The van der Waals surface area contributed by atoms with Gasteiger partial charge in [0.25, 0.3) is 0 Å². The van der Waals surface area contributed by atoms with E-state index in [9.17, 15) is 13.2 Å². The minimum Gasteiger partial charge on any atom is -0.322 e. The molecule has 1 aromatic heterocycles. The molecule has 0 amide bonds. The molecule has 0 aliphatic carbocycles. The molecule has 1 heterocycles. The van der Waals surface area contributed by atoms with Gasteiger partial charge in [-0.3, -0.25) is 4.79 Å². The zero-order chi connectivity index (χ0) is 14.0. The Morgan fingerprint density at radius 1 is 1.05 bits per heavy atom. The second-order valence-electron chi connectivity index (χ2n) is 4.24. The Balaban J connectivity index is 2.55. The normalized spacial score (nSPS) is 11.7. The summed E-state index contributed by atoms with van der Waals surface area (Å²) in [6.45, 7) is 0. The van der Waals surface area contributed by atoms with E-state index in [1.54, 1.807) is 30.3 Å². The molecule has 0 bridgehead atoms. The molecule has 0 radical (unpaired) electrons. The molecule has 0 aliphatic heterocycles. The number of benzene rings is 1. The van der Waals surface area contributed by atoms with Gasteiger partial charge in [0.15, 0.2) is 0 Å². The number of H-pyrrole nitrogens is 1. The van der Waals surface area contributed by atoms with Gasteiger partial charge in [-0.25, -0.2) is 12.7 Å². The monoisotopic (exact) mass is 278 g/mol. The highest BCUT2D eigenvalue weighted by atomic mass is 32.2. The Morgan fingerprint density at radius 3 is 2.37 bits per heavy atom. The first-order chi connectivity index (χ1) is 8.91. The quantitative estimate of drug-likeness (QED) is 0.919. The molecule has 0 unspecified atom stereocenters. The summed E-state index contributed by atoms with van der Waals surface area (Å²) in [7, 11) is -0.519. The lowest BCUT2D eigenvalue weighted by atomic mass is 10.1. The van der Waals surface area contributed by atoms with Gasteiger partial charge in [-0.15, -0.1) is 0 Å². The van der Waals surface area contributed by atoms with Crippen LogP contribution in [-0.4, -0.2) is 31.8 Å². The van der Waals surface area contributed by atoms with Gasteiger partial charge in [-0.1, -0.05) is 18.2 Å². The molecule has 0 fully saturated rings. The van der Waals surface area contributed by atoms with Crippen molar-refractivity contribution in [3.05, 3.63) is 52.8 Å². The fraction of sp³-hybridized carbons (Fsp3) is 0.154. The highest BCUT2D eigenvalue weighted by Crippen LogP contribution is 2.21. The fourth-order valence-electron chi connectivity index (χ4n) is 1.65. The van der Waals surface area contributed by atoms with Crippen molar-refractivity contribution in [1.82, 2.24) is 9.29 Å². The minimum absolute atomic E-state index is 0.194. The summed E-state index contributed by atoms with van der Waals surface area (Å²) in [5.74, 6) is 0. The Kier molecular flexibility index (Phi) is 3.55. The Bertz CT molecular complexity index is 748. The highest BCUT2D eigenvalue weighted by molar-refractivity contribution is 7.89. The Hall–Kier alpha value is -1.92. The summed E-state index contributed by atoms with van der Waals surface area (Å²) >= 11 is 0. The third-order valence-electron chi connectivity index (χ3n) is 2.69. The predicted molar refractivity (Wildman–Crippen MR) is 73.4 cm³/mol. The van der Waals surface area contributed by atoms with Crippen LogP contribution >= 0.6 is 0 Å². The van der Waals surface area contributed by atoms with E-state index in [2.05, 4.69) is 4.98 Å². The van der Waals surface area contributed by atoms with Crippen LogP contribution in [0.15, 0.2) is 52.2 Å². The summed E-state index contributed by atoms with van der Waals surface area (Å²) in [5.41, 5.74) is 1.02. The minimum atomic E-state index is -3.48. The van der Waals surface area contributed by atoms with Crippen LogP contribution in [0, 0.1) is 0 Å². The van der Waals surface area contributed by atoms with Gasteiger partial charge < -0.3 is 4.98 Å². The number of pyridine rings is 1. The van der Waals surface area contributed by atoms with Crippen LogP contribution in [0.1, 0.15) is 0 Å². The first-order valence-corrected chi connectivity index (χ1v) is 7.07. The molecule has 6 heteroatoms. The van der Waals surface area contributed by atoms with Crippen LogP contribution in [0.25, 0.3) is 11.3 Å². The maximum atomic E-state index is 12.0. The smallest absolute Gasteiger partial charge is 0.248 e. The van der Waals surface area contributed by atoms with Crippen molar-refractivity contribution in [3.63, 3.8) is 0 Å². The molecular weight excluding hydrogens is 264 g/mol. The first-order valence-electron chi connectivity index (χ1n) is 5.63. The molecule has 5 nitrogen and oxygen atoms in total. The number of rotatable bonds is 3. The second-order valence-corrected chi connectivity index (χ2v) is 6.40. The predicted octanol–water partition coefficient (Wildman–Crippen LogP) is 1.29. The van der Waals surface area contributed by atoms with Crippen molar-refractivity contribution in [2.24, 2.45) is 0 Å². The Labute approximate surface area is 111 Å². The van der Waals surface area contributed by atoms with E-state index in [1.165, 1.54) is 26.2 Å². The molecule has 19 heavy (non-hydrogen) atoms. The maximum absolute atomic E-state index is 12.0. The van der Waals surface area contributed by atoms with E-state index in [1.807, 2.05) is 0 Å². The van der Waals surface area contributed by atoms with Crippen molar-refractivity contribution >= 4 is 10.0 Å². The molecule has 0 aliphatic rings. The maximum Gasteiger partial charge on any atom is 0.248 e. The van der Waals surface area contributed by atoms with Gasteiger partial charge in [0.1, 0.15) is 0 Å². The number of nitrogens with zero attached hydrogens (tertiary/aromatic N) is 1. The third kappa shape index (κ3) is 2.74. The summed E-state index contributed by atoms with van der Waals surface area (Å²) in [5, 5.41) is 0. The van der Waals surface area contributed by atoms with E-state index in [0.29, 0.717) is 11.3 Å². The van der Waals surface area contributed by atoms with Crippen LogP contribution in [-0.2, 0) is 10.0 Å². The van der Waals surface area contributed by atoms with Crippen molar-refractivity contribution in [2.75, 3.05) is 14.1 Å². The summed E-state index contributed by atoms with van der Waals surface area (Å²) in [4.78, 5) is 14.1. The summed E-state index contributed by atoms with van der Waals surface area (Å²) in [6.07, 6.45) is 0. The van der Waals surface area contributed by atoms with Gasteiger partial charge in [-0.2, -0.15) is 0 Å². The number of aromatic amines is 1. The summed E-state index contributed by atoms with van der Waals surface area (Å²) in [6, 6.07) is 11.2. The van der Waals surface area contributed by atoms with Crippen LogP contribution in [0.2, 0.25) is 0 Å². The van der Waals surface area contributed by atoms with E-state index in [4.69, 9.17) is 0 Å². The average molecular weight is 278 g/mol. The van der Waals surface area contributed by atoms with Crippen LogP contribution in [0.3, 0.4) is 0 Å². The van der Waals surface area contributed by atoms with Crippen molar-refractivity contribution < 1.29 is 8.42 Å². The topological polar surface area (TPSA) is 70.2 Å². The molecular formula is C13H14N2O3S. The van der Waals surface area contributed by atoms with E-state index in [-0.39, 0.29) is 10.5 Å². The average Bonchev–Trinajstić information content (AvgIpc) is 2.38. The van der Waals surface area contributed by atoms with Crippen molar-refractivity contribution in [3.8, 4) is 11.3 Å². The van der Waals surface area contributed by atoms with Crippen molar-refractivity contribution in [1.29, 1.82) is 0 Å². The van der Waals surface area contributed by atoms with Crippen LogP contribution in [0.4, 0.5) is 0 Å². The number of hydrogen-bond acceptors (Lipinski definition) is 3. The first kappa shape index (κ1) is 13.5. The van der Waals surface area contributed by atoms with Crippen LogP contribution in [0.5, 0.6) is 0 Å². The SMILES string of the molecule is CN(C)S(=O)(=O)c1cccc(-c2cccc(=O)[nH]2)c1. The van der Waals surface area contributed by atoms with Gasteiger partial charge in [0, 0.05) is 25.9 Å². The molecule has 0 spiro atoms. The molecule has 100 valence electrons. The molecule has 1 aromatic carbocycles. The molecule has 0 atom stereocenters. The standard InChI is InChI=1S/C13H14N2O3S/c1-15(2)19(17,18)11-6-3-5-10(9-11)12-7-4-8-13(16)14-12/h3-9H,1-2H3,(H,14,16). The lowest BCUT2D eigenvalue weighted by Crippen LogP contribution is -2.22. The largest absolute Gasteiger partial charge is 0.322 e. The zero-order valence-electron chi connectivity index (χ0n) is 10.6. The van der Waals surface area contributed by atoms with Gasteiger partial charge in [0.2, 0.25) is 15.6 Å². The fourth-order valence-corrected chi connectivity index (χ4v) is 2.60. The molecule has 1 N–H and O–H groups in total. The lowest BCUT2D eigenvalue weighted by Gasteiger charge is -2.12. The van der Waals surface area contributed by atoms with Crippen molar-refractivity contribution in [2.45, 2.75) is 4.90 Å². The lowest BCUT2D eigenvalue weighted by molar-refractivity contribution is 0.521. The number of aromatic nitrogens is 1.